The lowest BCUT2D eigenvalue weighted by atomic mass is 10.2. The average Bonchev–Trinajstić information content (AvgIpc) is 2.42. The molecule has 7 heteroatoms. The first-order chi connectivity index (χ1) is 9.81. The first kappa shape index (κ1) is 14.7. The minimum atomic E-state index is -4.62. The van der Waals surface area contributed by atoms with Gasteiger partial charge in [0.1, 0.15) is 17.3 Å². The van der Waals surface area contributed by atoms with Crippen molar-refractivity contribution < 1.29 is 17.9 Å². The quantitative estimate of drug-likeness (QED) is 0.858. The summed E-state index contributed by atoms with van der Waals surface area (Å²) in [6.45, 7) is 1.77. The van der Waals surface area contributed by atoms with E-state index in [0.29, 0.717) is 0 Å². The van der Waals surface area contributed by atoms with Crippen LogP contribution >= 0.6 is 0 Å². The van der Waals surface area contributed by atoms with Crippen molar-refractivity contribution in [1.82, 2.24) is 4.98 Å². The molecule has 0 amide bonds. The van der Waals surface area contributed by atoms with E-state index in [4.69, 9.17) is 15.7 Å². The second-order valence-electron chi connectivity index (χ2n) is 4.30. The number of anilines is 1. The lowest BCUT2D eigenvalue weighted by molar-refractivity contribution is -0.141. The molecule has 0 aliphatic carbocycles. The van der Waals surface area contributed by atoms with E-state index in [1.807, 2.05) is 0 Å². The molecule has 4 nitrogen and oxygen atoms in total. The van der Waals surface area contributed by atoms with Crippen LogP contribution in [0.3, 0.4) is 0 Å². The van der Waals surface area contributed by atoms with E-state index in [9.17, 15) is 13.2 Å². The predicted molar refractivity (Wildman–Crippen MR) is 69.6 cm³/mol. The van der Waals surface area contributed by atoms with Gasteiger partial charge in [-0.15, -0.1) is 0 Å². The second kappa shape index (κ2) is 5.32. The molecule has 1 aromatic carbocycles. The number of halogens is 3. The molecule has 21 heavy (non-hydrogen) atoms. The Hall–Kier alpha value is -2.75. The Balaban J connectivity index is 2.47. The number of nitrogens with zero attached hydrogens (tertiary/aromatic N) is 2. The van der Waals surface area contributed by atoms with Crippen molar-refractivity contribution in [3.8, 4) is 17.7 Å². The van der Waals surface area contributed by atoms with Crippen molar-refractivity contribution in [1.29, 1.82) is 5.26 Å². The molecule has 0 aliphatic heterocycles. The van der Waals surface area contributed by atoms with E-state index >= 15 is 0 Å². The standard InChI is InChI=1S/C14H10F3N3O/c1-8-2-4-10(19)11(6-8)21-13-9(7-18)3-5-12(20-13)14(15,16)17/h2-6H,19H2,1H3. The second-order valence-corrected chi connectivity index (χ2v) is 4.30. The Morgan fingerprint density at radius 2 is 1.95 bits per heavy atom. The van der Waals surface area contributed by atoms with Crippen LogP contribution in [0.5, 0.6) is 11.6 Å². The topological polar surface area (TPSA) is 71.9 Å². The van der Waals surface area contributed by atoms with Gasteiger partial charge in [0.2, 0.25) is 5.88 Å². The molecule has 0 aliphatic rings. The summed E-state index contributed by atoms with van der Waals surface area (Å²) < 4.78 is 43.3. The Labute approximate surface area is 118 Å². The number of rotatable bonds is 2. The SMILES string of the molecule is Cc1ccc(N)c(Oc2nc(C(F)(F)F)ccc2C#N)c1. The highest BCUT2D eigenvalue weighted by Crippen LogP contribution is 2.33. The fourth-order valence-corrected chi connectivity index (χ4v) is 1.60. The van der Waals surface area contributed by atoms with Gasteiger partial charge in [0.15, 0.2) is 5.75 Å². The summed E-state index contributed by atoms with van der Waals surface area (Å²) in [4.78, 5) is 3.36. The fraction of sp³-hybridized carbons (Fsp3) is 0.143. The first-order valence-corrected chi connectivity index (χ1v) is 5.83. The van der Waals surface area contributed by atoms with Crippen LogP contribution in [0.2, 0.25) is 0 Å². The van der Waals surface area contributed by atoms with Gasteiger partial charge in [-0.1, -0.05) is 6.07 Å². The molecule has 108 valence electrons. The van der Waals surface area contributed by atoms with Gasteiger partial charge in [-0.25, -0.2) is 4.98 Å². The van der Waals surface area contributed by atoms with Gasteiger partial charge in [0.25, 0.3) is 0 Å². The third-order valence-electron chi connectivity index (χ3n) is 2.65. The summed E-state index contributed by atoms with van der Waals surface area (Å²) in [6.07, 6.45) is -4.62. The molecule has 0 spiro atoms. The van der Waals surface area contributed by atoms with Crippen LogP contribution in [0, 0.1) is 18.3 Å². The number of hydrogen-bond acceptors (Lipinski definition) is 4. The lowest BCUT2D eigenvalue weighted by Gasteiger charge is -2.12. The summed E-state index contributed by atoms with van der Waals surface area (Å²) in [7, 11) is 0. The monoisotopic (exact) mass is 293 g/mol. The number of nitrogens with two attached hydrogens (primary N) is 1. The Kier molecular flexibility index (Phi) is 3.72. The highest BCUT2D eigenvalue weighted by atomic mass is 19.4. The Morgan fingerprint density at radius 1 is 1.24 bits per heavy atom. The number of aryl methyl sites for hydroxylation is 1. The number of ether oxygens (including phenoxy) is 1. The van der Waals surface area contributed by atoms with Gasteiger partial charge < -0.3 is 10.5 Å². The lowest BCUT2D eigenvalue weighted by Crippen LogP contribution is -2.09. The molecule has 0 unspecified atom stereocenters. The van der Waals surface area contributed by atoms with Gasteiger partial charge >= 0.3 is 6.18 Å². The van der Waals surface area contributed by atoms with Crippen molar-refractivity contribution in [3.63, 3.8) is 0 Å². The molecule has 2 aromatic rings. The number of nitrogen functional groups attached to an aromatic ring is 1. The van der Waals surface area contributed by atoms with E-state index in [1.54, 1.807) is 31.2 Å². The number of pyridine rings is 1. The van der Waals surface area contributed by atoms with Crippen LogP contribution < -0.4 is 10.5 Å². The number of nitriles is 1. The van der Waals surface area contributed by atoms with Crippen molar-refractivity contribution in [2.24, 2.45) is 0 Å². The Morgan fingerprint density at radius 3 is 2.57 bits per heavy atom. The summed E-state index contributed by atoms with van der Waals surface area (Å²) in [5.74, 6) is -0.275. The van der Waals surface area contributed by atoms with E-state index in [1.165, 1.54) is 0 Å². The minimum Gasteiger partial charge on any atom is -0.435 e. The molecule has 0 fully saturated rings. The molecule has 0 atom stereocenters. The summed E-state index contributed by atoms with van der Waals surface area (Å²) in [6, 6.07) is 8.31. The van der Waals surface area contributed by atoms with Gasteiger partial charge in [-0.05, 0) is 36.8 Å². The summed E-state index contributed by atoms with van der Waals surface area (Å²) >= 11 is 0. The molecular formula is C14H10F3N3O. The number of benzene rings is 1. The molecule has 1 heterocycles. The average molecular weight is 293 g/mol. The molecule has 0 saturated heterocycles. The minimum absolute atomic E-state index is 0.107. The van der Waals surface area contributed by atoms with Gasteiger partial charge in [0.05, 0.1) is 5.69 Å². The molecule has 2 rings (SSSR count). The molecule has 2 N–H and O–H groups in total. The van der Waals surface area contributed by atoms with Crippen LogP contribution in [-0.2, 0) is 6.18 Å². The maximum absolute atomic E-state index is 12.7. The zero-order valence-electron chi connectivity index (χ0n) is 10.9. The zero-order valence-corrected chi connectivity index (χ0v) is 10.9. The largest absolute Gasteiger partial charge is 0.435 e. The first-order valence-electron chi connectivity index (χ1n) is 5.83. The smallest absolute Gasteiger partial charge is 0.433 e. The highest BCUT2D eigenvalue weighted by Gasteiger charge is 2.33. The third kappa shape index (κ3) is 3.23. The molecular weight excluding hydrogens is 283 g/mol. The van der Waals surface area contributed by atoms with E-state index in [0.717, 1.165) is 17.7 Å². The molecule has 0 radical (unpaired) electrons. The van der Waals surface area contributed by atoms with Crippen molar-refractivity contribution in [2.75, 3.05) is 5.73 Å². The molecule has 1 aromatic heterocycles. The highest BCUT2D eigenvalue weighted by molar-refractivity contribution is 5.56. The zero-order chi connectivity index (χ0) is 15.6. The maximum Gasteiger partial charge on any atom is 0.433 e. The van der Waals surface area contributed by atoms with Crippen molar-refractivity contribution >= 4 is 5.69 Å². The van der Waals surface area contributed by atoms with Gasteiger partial charge in [-0.2, -0.15) is 18.4 Å². The van der Waals surface area contributed by atoms with E-state index in [-0.39, 0.29) is 17.0 Å². The molecule has 0 saturated carbocycles. The summed E-state index contributed by atoms with van der Waals surface area (Å²) in [5, 5.41) is 8.93. The van der Waals surface area contributed by atoms with E-state index < -0.39 is 17.8 Å². The van der Waals surface area contributed by atoms with Crippen LogP contribution in [0.25, 0.3) is 0 Å². The van der Waals surface area contributed by atoms with Crippen LogP contribution in [-0.4, -0.2) is 4.98 Å². The summed E-state index contributed by atoms with van der Waals surface area (Å²) in [5.41, 5.74) is 5.50. The van der Waals surface area contributed by atoms with Gasteiger partial charge in [0, 0.05) is 0 Å². The van der Waals surface area contributed by atoms with Crippen LogP contribution in [0.15, 0.2) is 30.3 Å². The number of aromatic nitrogens is 1. The third-order valence-corrected chi connectivity index (χ3v) is 2.65. The van der Waals surface area contributed by atoms with Crippen molar-refractivity contribution in [3.05, 3.63) is 47.2 Å². The predicted octanol–water partition coefficient (Wildman–Crippen LogP) is 3.66. The normalized spacial score (nSPS) is 11.0. The molecule has 0 bridgehead atoms. The van der Waals surface area contributed by atoms with Crippen LogP contribution in [0.4, 0.5) is 18.9 Å². The van der Waals surface area contributed by atoms with Crippen molar-refractivity contribution in [2.45, 2.75) is 13.1 Å². The van der Waals surface area contributed by atoms with Gasteiger partial charge in [-0.3, -0.25) is 0 Å². The number of hydrogen-bond donors (Lipinski definition) is 1. The Bertz CT molecular complexity index is 720. The number of alkyl halides is 3. The van der Waals surface area contributed by atoms with E-state index in [2.05, 4.69) is 4.98 Å². The maximum atomic E-state index is 12.7. The fourth-order valence-electron chi connectivity index (χ4n) is 1.60. The van der Waals surface area contributed by atoms with Crippen LogP contribution in [0.1, 0.15) is 16.8 Å².